The van der Waals surface area contributed by atoms with E-state index in [4.69, 9.17) is 4.98 Å². The van der Waals surface area contributed by atoms with Crippen molar-refractivity contribution in [3.63, 3.8) is 0 Å². The van der Waals surface area contributed by atoms with Crippen LogP contribution in [-0.4, -0.2) is 9.55 Å². The molecule has 26 heavy (non-hydrogen) atoms. The van der Waals surface area contributed by atoms with Crippen molar-refractivity contribution in [3.8, 4) is 0 Å². The Morgan fingerprint density at radius 3 is 1.77 bits per heavy atom. The highest BCUT2D eigenvalue weighted by Gasteiger charge is 2.31. The van der Waals surface area contributed by atoms with Gasteiger partial charge in [-0.15, -0.1) is 0 Å². The molecule has 0 fully saturated rings. The van der Waals surface area contributed by atoms with Crippen LogP contribution in [0.25, 0.3) is 0 Å². The summed E-state index contributed by atoms with van der Waals surface area (Å²) in [7, 11) is 0. The average Bonchev–Trinajstić information content (AvgIpc) is 3.05. The molecule has 0 unspecified atom stereocenters. The number of hydrogen-bond acceptors (Lipinski definition) is 1. The molecule has 2 heteroatoms. The summed E-state index contributed by atoms with van der Waals surface area (Å²) in [6, 6.07) is 21.4. The molecule has 1 aromatic heterocycles. The SMILES string of the molecule is CC(C)(C)CC(C)(C)n1ccnc1C(c1ccccc1)c1ccccc1. The van der Waals surface area contributed by atoms with Crippen molar-refractivity contribution in [2.45, 2.75) is 52.5 Å². The van der Waals surface area contributed by atoms with E-state index in [0.29, 0.717) is 0 Å². The van der Waals surface area contributed by atoms with Gasteiger partial charge in [0, 0.05) is 17.9 Å². The van der Waals surface area contributed by atoms with Gasteiger partial charge >= 0.3 is 0 Å². The fraction of sp³-hybridized carbons (Fsp3) is 0.375. The first-order valence-electron chi connectivity index (χ1n) is 9.42. The lowest BCUT2D eigenvalue weighted by atomic mass is 9.81. The van der Waals surface area contributed by atoms with Crippen molar-refractivity contribution in [2.75, 3.05) is 0 Å². The highest BCUT2D eigenvalue weighted by Crippen LogP contribution is 2.37. The summed E-state index contributed by atoms with van der Waals surface area (Å²) in [5, 5.41) is 0. The van der Waals surface area contributed by atoms with Gasteiger partial charge in [-0.1, -0.05) is 81.4 Å². The molecule has 3 rings (SSSR count). The molecule has 0 aliphatic heterocycles. The van der Waals surface area contributed by atoms with Crippen molar-refractivity contribution in [1.29, 1.82) is 0 Å². The topological polar surface area (TPSA) is 17.8 Å². The maximum Gasteiger partial charge on any atom is 0.121 e. The van der Waals surface area contributed by atoms with E-state index in [0.717, 1.165) is 12.2 Å². The first-order chi connectivity index (χ1) is 12.3. The van der Waals surface area contributed by atoms with Gasteiger partial charge in [0.05, 0.1) is 5.92 Å². The second-order valence-electron chi connectivity index (χ2n) is 8.96. The maximum atomic E-state index is 4.83. The molecule has 3 aromatic rings. The second-order valence-corrected chi connectivity index (χ2v) is 8.96. The van der Waals surface area contributed by atoms with Crippen LogP contribution in [0.4, 0.5) is 0 Å². The summed E-state index contributed by atoms with van der Waals surface area (Å²) in [5.74, 6) is 1.24. The Kier molecular flexibility index (Phi) is 5.04. The minimum Gasteiger partial charge on any atom is -0.329 e. The summed E-state index contributed by atoms with van der Waals surface area (Å²) in [6.07, 6.45) is 5.16. The van der Waals surface area contributed by atoms with Gasteiger partial charge in [0.2, 0.25) is 0 Å². The molecule has 0 aliphatic rings. The third-order valence-corrected chi connectivity index (χ3v) is 4.81. The smallest absolute Gasteiger partial charge is 0.121 e. The van der Waals surface area contributed by atoms with Crippen LogP contribution in [-0.2, 0) is 5.54 Å². The molecule has 0 amide bonds. The number of aromatic nitrogens is 2. The number of hydrogen-bond donors (Lipinski definition) is 0. The molecular weight excluding hydrogens is 316 g/mol. The fourth-order valence-corrected chi connectivity index (χ4v) is 4.21. The van der Waals surface area contributed by atoms with Crippen LogP contribution in [0.2, 0.25) is 0 Å². The standard InChI is InChI=1S/C24H30N2/c1-23(2,3)18-24(4,5)26-17-16-25-22(26)21(19-12-8-6-9-13-19)20-14-10-7-11-15-20/h6-17,21H,18H2,1-5H3. The largest absolute Gasteiger partial charge is 0.329 e. The zero-order valence-electron chi connectivity index (χ0n) is 16.6. The summed E-state index contributed by atoms with van der Waals surface area (Å²) < 4.78 is 2.38. The van der Waals surface area contributed by atoms with Crippen LogP contribution in [0, 0.1) is 5.41 Å². The van der Waals surface area contributed by atoms with Gasteiger partial charge in [-0.2, -0.15) is 0 Å². The Morgan fingerprint density at radius 1 is 0.808 bits per heavy atom. The monoisotopic (exact) mass is 346 g/mol. The van der Waals surface area contributed by atoms with E-state index >= 15 is 0 Å². The lowest BCUT2D eigenvalue weighted by molar-refractivity contribution is 0.210. The minimum atomic E-state index is -0.00804. The van der Waals surface area contributed by atoms with Gasteiger partial charge < -0.3 is 4.57 Å². The Morgan fingerprint density at radius 2 is 1.31 bits per heavy atom. The van der Waals surface area contributed by atoms with Crippen LogP contribution in [0.5, 0.6) is 0 Å². The van der Waals surface area contributed by atoms with Crippen LogP contribution < -0.4 is 0 Å². The third-order valence-electron chi connectivity index (χ3n) is 4.81. The molecule has 136 valence electrons. The average molecular weight is 347 g/mol. The number of benzene rings is 2. The molecule has 0 saturated heterocycles. The molecular formula is C24H30N2. The Balaban J connectivity index is 2.12. The first kappa shape index (κ1) is 18.4. The predicted molar refractivity (Wildman–Crippen MR) is 109 cm³/mol. The second kappa shape index (κ2) is 7.11. The summed E-state index contributed by atoms with van der Waals surface area (Å²) in [4.78, 5) is 4.83. The third kappa shape index (κ3) is 4.07. The zero-order valence-corrected chi connectivity index (χ0v) is 16.6. The summed E-state index contributed by atoms with van der Waals surface area (Å²) in [5.41, 5.74) is 2.79. The zero-order chi connectivity index (χ0) is 18.8. The Labute approximate surface area is 157 Å². The molecule has 0 N–H and O–H groups in total. The number of rotatable bonds is 5. The van der Waals surface area contributed by atoms with Gasteiger partial charge in [-0.3, -0.25) is 0 Å². The molecule has 2 nitrogen and oxygen atoms in total. The summed E-state index contributed by atoms with van der Waals surface area (Å²) >= 11 is 0. The molecule has 0 spiro atoms. The maximum absolute atomic E-state index is 4.83. The highest BCUT2D eigenvalue weighted by molar-refractivity contribution is 5.38. The first-order valence-corrected chi connectivity index (χ1v) is 9.42. The van der Waals surface area contributed by atoms with Crippen molar-refractivity contribution < 1.29 is 0 Å². The molecule has 0 atom stereocenters. The van der Waals surface area contributed by atoms with E-state index in [1.54, 1.807) is 0 Å². The number of nitrogens with zero attached hydrogens (tertiary/aromatic N) is 2. The molecule has 2 aromatic carbocycles. The predicted octanol–water partition coefficient (Wildman–Crippen LogP) is 6.23. The van der Waals surface area contributed by atoms with Gasteiger partial charge in [-0.05, 0) is 36.8 Å². The van der Waals surface area contributed by atoms with Crippen molar-refractivity contribution in [2.24, 2.45) is 5.41 Å². The van der Waals surface area contributed by atoms with E-state index in [2.05, 4.69) is 106 Å². The van der Waals surface area contributed by atoms with Gasteiger partial charge in [0.15, 0.2) is 0 Å². The van der Waals surface area contributed by atoms with Crippen molar-refractivity contribution in [3.05, 3.63) is 90.0 Å². The highest BCUT2D eigenvalue weighted by atomic mass is 15.1. The quantitative estimate of drug-likeness (QED) is 0.535. The van der Waals surface area contributed by atoms with E-state index in [9.17, 15) is 0 Å². The van der Waals surface area contributed by atoms with Crippen molar-refractivity contribution >= 4 is 0 Å². The molecule has 0 radical (unpaired) electrons. The minimum absolute atomic E-state index is 0.00804. The Hall–Kier alpha value is -2.35. The van der Waals surface area contributed by atoms with E-state index in [1.165, 1.54) is 11.1 Å². The fourth-order valence-electron chi connectivity index (χ4n) is 4.21. The molecule has 0 saturated carbocycles. The molecule has 1 heterocycles. The van der Waals surface area contributed by atoms with Crippen LogP contribution in [0.15, 0.2) is 73.1 Å². The molecule has 0 aliphatic carbocycles. The normalized spacial score (nSPS) is 12.5. The summed E-state index contributed by atoms with van der Waals surface area (Å²) in [6.45, 7) is 11.5. The van der Waals surface area contributed by atoms with Crippen LogP contribution >= 0.6 is 0 Å². The van der Waals surface area contributed by atoms with Crippen molar-refractivity contribution in [1.82, 2.24) is 9.55 Å². The van der Waals surface area contributed by atoms with Gasteiger partial charge in [0.25, 0.3) is 0 Å². The van der Waals surface area contributed by atoms with Gasteiger partial charge in [0.1, 0.15) is 5.82 Å². The lowest BCUT2D eigenvalue weighted by Gasteiger charge is -2.36. The Bertz CT molecular complexity index is 784. The van der Waals surface area contributed by atoms with Crippen LogP contribution in [0.1, 0.15) is 63.9 Å². The van der Waals surface area contributed by atoms with E-state index < -0.39 is 0 Å². The number of imidazole rings is 1. The van der Waals surface area contributed by atoms with E-state index in [-0.39, 0.29) is 16.9 Å². The molecule has 0 bridgehead atoms. The van der Waals surface area contributed by atoms with Gasteiger partial charge in [-0.25, -0.2) is 4.98 Å². The van der Waals surface area contributed by atoms with Crippen LogP contribution in [0.3, 0.4) is 0 Å². The van der Waals surface area contributed by atoms with E-state index in [1.807, 2.05) is 6.20 Å². The lowest BCUT2D eigenvalue weighted by Crippen LogP contribution is -2.33.